The van der Waals surface area contributed by atoms with Gasteiger partial charge in [-0.2, -0.15) is 0 Å². The Hall–Kier alpha value is -1.51. The first-order valence-electron chi connectivity index (χ1n) is 4.08. The highest BCUT2D eigenvalue weighted by atomic mass is 16.4. The largest absolute Gasteiger partial charge is 0.481 e. The van der Waals surface area contributed by atoms with E-state index in [9.17, 15) is 4.79 Å². The van der Waals surface area contributed by atoms with E-state index in [1.807, 2.05) is 13.8 Å². The Morgan fingerprint density at radius 1 is 1.38 bits per heavy atom. The van der Waals surface area contributed by atoms with Gasteiger partial charge in [-0.1, -0.05) is 0 Å². The van der Waals surface area contributed by atoms with Crippen LogP contribution in [0.25, 0.3) is 0 Å². The van der Waals surface area contributed by atoms with Gasteiger partial charge in [-0.25, -0.2) is 0 Å². The van der Waals surface area contributed by atoms with Crippen molar-refractivity contribution in [1.82, 2.24) is 0 Å². The summed E-state index contributed by atoms with van der Waals surface area (Å²) in [4.78, 5) is 10.5. The van der Waals surface area contributed by atoms with Crippen LogP contribution in [0.4, 0.5) is 5.69 Å². The fraction of sp³-hybridized carbons (Fsp3) is 0.300. The molecule has 1 aromatic rings. The summed E-state index contributed by atoms with van der Waals surface area (Å²) >= 11 is 0. The van der Waals surface area contributed by atoms with Crippen LogP contribution in [0.1, 0.15) is 16.7 Å². The Bertz CT molecular complexity index is 322. The van der Waals surface area contributed by atoms with Crippen molar-refractivity contribution in [2.45, 2.75) is 20.3 Å². The van der Waals surface area contributed by atoms with Crippen LogP contribution in [0.15, 0.2) is 12.1 Å². The van der Waals surface area contributed by atoms with Crippen LogP contribution in [0.5, 0.6) is 0 Å². The SMILES string of the molecule is Cc1cc(N)cc(C)c1CC(=O)O. The Kier molecular flexibility index (Phi) is 2.56. The van der Waals surface area contributed by atoms with Gasteiger partial charge in [0.05, 0.1) is 6.42 Å². The fourth-order valence-corrected chi connectivity index (χ4v) is 1.46. The molecule has 0 bridgehead atoms. The quantitative estimate of drug-likeness (QED) is 0.676. The zero-order valence-corrected chi connectivity index (χ0v) is 7.79. The lowest BCUT2D eigenvalue weighted by Gasteiger charge is -2.08. The number of rotatable bonds is 2. The normalized spacial score (nSPS) is 10.0. The highest BCUT2D eigenvalue weighted by molar-refractivity contribution is 5.72. The molecule has 3 heteroatoms. The third kappa shape index (κ3) is 2.21. The predicted octanol–water partition coefficient (Wildman–Crippen LogP) is 1.51. The Balaban J connectivity index is 3.13. The summed E-state index contributed by atoms with van der Waals surface area (Å²) in [6.07, 6.45) is 0.0674. The molecule has 1 aromatic carbocycles. The molecule has 0 saturated heterocycles. The van der Waals surface area contributed by atoms with Crippen molar-refractivity contribution in [2.75, 3.05) is 5.73 Å². The average molecular weight is 179 g/mol. The van der Waals surface area contributed by atoms with Crippen LogP contribution in [0.2, 0.25) is 0 Å². The van der Waals surface area contributed by atoms with Crippen molar-refractivity contribution >= 4 is 11.7 Å². The second-order valence-corrected chi connectivity index (χ2v) is 3.20. The van der Waals surface area contributed by atoms with E-state index in [1.54, 1.807) is 12.1 Å². The van der Waals surface area contributed by atoms with Gasteiger partial charge in [-0.05, 0) is 42.7 Å². The predicted molar refractivity (Wildman–Crippen MR) is 51.7 cm³/mol. The smallest absolute Gasteiger partial charge is 0.307 e. The summed E-state index contributed by atoms with van der Waals surface area (Å²) < 4.78 is 0. The van der Waals surface area contributed by atoms with E-state index >= 15 is 0 Å². The van der Waals surface area contributed by atoms with E-state index in [1.165, 1.54) is 0 Å². The first-order chi connectivity index (χ1) is 6.00. The Morgan fingerprint density at radius 2 is 1.85 bits per heavy atom. The zero-order valence-electron chi connectivity index (χ0n) is 7.79. The van der Waals surface area contributed by atoms with Gasteiger partial charge < -0.3 is 10.8 Å². The summed E-state index contributed by atoms with van der Waals surface area (Å²) in [5.74, 6) is -0.809. The number of carboxylic acids is 1. The number of nitrogens with two attached hydrogens (primary N) is 1. The number of carbonyl (C=O) groups is 1. The monoisotopic (exact) mass is 179 g/mol. The van der Waals surface area contributed by atoms with Gasteiger partial charge in [0.15, 0.2) is 0 Å². The van der Waals surface area contributed by atoms with E-state index in [0.717, 1.165) is 16.7 Å². The third-order valence-electron chi connectivity index (χ3n) is 2.05. The van der Waals surface area contributed by atoms with Crippen molar-refractivity contribution in [2.24, 2.45) is 0 Å². The van der Waals surface area contributed by atoms with E-state index < -0.39 is 5.97 Å². The number of nitrogen functional groups attached to an aromatic ring is 1. The summed E-state index contributed by atoms with van der Waals surface area (Å²) in [6.45, 7) is 3.75. The van der Waals surface area contributed by atoms with Gasteiger partial charge in [-0.3, -0.25) is 4.79 Å². The summed E-state index contributed by atoms with van der Waals surface area (Å²) in [6, 6.07) is 3.59. The molecule has 0 fully saturated rings. The minimum Gasteiger partial charge on any atom is -0.481 e. The van der Waals surface area contributed by atoms with Crippen LogP contribution in [-0.2, 0) is 11.2 Å². The molecule has 0 atom stereocenters. The molecule has 0 aliphatic rings. The van der Waals surface area contributed by atoms with Crippen LogP contribution in [0.3, 0.4) is 0 Å². The number of benzene rings is 1. The van der Waals surface area contributed by atoms with E-state index in [-0.39, 0.29) is 6.42 Å². The minimum atomic E-state index is -0.809. The summed E-state index contributed by atoms with van der Waals surface area (Å²) in [5, 5.41) is 8.65. The first kappa shape index (κ1) is 9.58. The second-order valence-electron chi connectivity index (χ2n) is 3.20. The van der Waals surface area contributed by atoms with Crippen molar-refractivity contribution in [3.05, 3.63) is 28.8 Å². The molecule has 1 rings (SSSR count). The van der Waals surface area contributed by atoms with Gasteiger partial charge in [0.25, 0.3) is 0 Å². The molecular weight excluding hydrogens is 166 g/mol. The lowest BCUT2D eigenvalue weighted by Crippen LogP contribution is -2.04. The number of aliphatic carboxylic acids is 1. The van der Waals surface area contributed by atoms with Crippen molar-refractivity contribution < 1.29 is 9.90 Å². The van der Waals surface area contributed by atoms with E-state index in [2.05, 4.69) is 0 Å². The molecule has 0 unspecified atom stereocenters. The zero-order chi connectivity index (χ0) is 10.0. The van der Waals surface area contributed by atoms with Crippen molar-refractivity contribution in [1.29, 1.82) is 0 Å². The molecule has 3 N–H and O–H groups in total. The molecule has 70 valence electrons. The van der Waals surface area contributed by atoms with Gasteiger partial charge in [0.1, 0.15) is 0 Å². The molecule has 0 radical (unpaired) electrons. The molecule has 0 aliphatic heterocycles. The Morgan fingerprint density at radius 3 is 2.23 bits per heavy atom. The van der Waals surface area contributed by atoms with E-state index in [0.29, 0.717) is 5.69 Å². The lowest BCUT2D eigenvalue weighted by atomic mass is 9.99. The van der Waals surface area contributed by atoms with Gasteiger partial charge >= 0.3 is 5.97 Å². The van der Waals surface area contributed by atoms with Gasteiger partial charge in [0.2, 0.25) is 0 Å². The molecular formula is C10H13NO2. The number of hydrogen-bond donors (Lipinski definition) is 2. The topological polar surface area (TPSA) is 63.3 Å². The molecule has 0 aromatic heterocycles. The first-order valence-corrected chi connectivity index (χ1v) is 4.08. The molecule has 0 amide bonds. The number of hydrogen-bond acceptors (Lipinski definition) is 2. The fourth-order valence-electron chi connectivity index (χ4n) is 1.46. The average Bonchev–Trinajstić information content (AvgIpc) is 1.96. The van der Waals surface area contributed by atoms with Crippen LogP contribution < -0.4 is 5.73 Å². The van der Waals surface area contributed by atoms with Crippen LogP contribution in [-0.4, -0.2) is 11.1 Å². The molecule has 0 saturated carbocycles. The van der Waals surface area contributed by atoms with Crippen molar-refractivity contribution in [3.8, 4) is 0 Å². The number of aryl methyl sites for hydroxylation is 2. The van der Waals surface area contributed by atoms with Crippen molar-refractivity contribution in [3.63, 3.8) is 0 Å². The van der Waals surface area contributed by atoms with Gasteiger partial charge in [0, 0.05) is 5.69 Å². The highest BCUT2D eigenvalue weighted by Crippen LogP contribution is 2.18. The highest BCUT2D eigenvalue weighted by Gasteiger charge is 2.07. The minimum absolute atomic E-state index is 0.0674. The maximum Gasteiger partial charge on any atom is 0.307 e. The maximum atomic E-state index is 10.5. The number of carboxylic acid groups (broad SMARTS) is 1. The third-order valence-corrected chi connectivity index (χ3v) is 2.05. The molecule has 0 heterocycles. The molecule has 0 aliphatic carbocycles. The Labute approximate surface area is 77.2 Å². The summed E-state index contributed by atoms with van der Waals surface area (Å²) in [7, 11) is 0. The molecule has 3 nitrogen and oxygen atoms in total. The molecule has 13 heavy (non-hydrogen) atoms. The lowest BCUT2D eigenvalue weighted by molar-refractivity contribution is -0.136. The van der Waals surface area contributed by atoms with Crippen LogP contribution in [0, 0.1) is 13.8 Å². The second kappa shape index (κ2) is 3.47. The van der Waals surface area contributed by atoms with Gasteiger partial charge in [-0.15, -0.1) is 0 Å². The standard InChI is InChI=1S/C10H13NO2/c1-6-3-8(11)4-7(2)9(6)5-10(12)13/h3-4H,5,11H2,1-2H3,(H,12,13). The van der Waals surface area contributed by atoms with E-state index in [4.69, 9.17) is 10.8 Å². The maximum absolute atomic E-state index is 10.5. The van der Waals surface area contributed by atoms with Crippen LogP contribution >= 0.6 is 0 Å². The number of anilines is 1. The summed E-state index contributed by atoms with van der Waals surface area (Å²) in [5.41, 5.74) is 9.05. The molecule has 0 spiro atoms.